The second-order valence-corrected chi connectivity index (χ2v) is 8.30. The minimum Gasteiger partial charge on any atom is -0.336 e. The van der Waals surface area contributed by atoms with E-state index in [1.54, 1.807) is 11.3 Å². The molecule has 7 nitrogen and oxygen atoms in total. The molecule has 1 aliphatic rings. The summed E-state index contributed by atoms with van der Waals surface area (Å²) < 4.78 is 0. The second kappa shape index (κ2) is 9.40. The van der Waals surface area contributed by atoms with Gasteiger partial charge in [0.2, 0.25) is 0 Å². The Morgan fingerprint density at radius 3 is 2.63 bits per heavy atom. The molecule has 8 heteroatoms. The van der Waals surface area contributed by atoms with Crippen molar-refractivity contribution in [3.05, 3.63) is 52.5 Å². The van der Waals surface area contributed by atoms with Crippen molar-refractivity contribution in [2.45, 2.75) is 38.6 Å². The van der Waals surface area contributed by atoms with E-state index in [1.807, 2.05) is 24.3 Å². The maximum Gasteiger partial charge on any atom is 0.319 e. The van der Waals surface area contributed by atoms with Gasteiger partial charge in [-0.05, 0) is 72.6 Å². The number of benzene rings is 1. The van der Waals surface area contributed by atoms with Gasteiger partial charge in [0.15, 0.2) is 5.82 Å². The Hall–Kier alpha value is -2.71. The van der Waals surface area contributed by atoms with Gasteiger partial charge < -0.3 is 10.6 Å². The van der Waals surface area contributed by atoms with Gasteiger partial charge in [-0.25, -0.2) is 9.78 Å². The van der Waals surface area contributed by atoms with Crippen molar-refractivity contribution in [1.82, 2.24) is 25.4 Å². The van der Waals surface area contributed by atoms with Gasteiger partial charge in [-0.3, -0.25) is 10.00 Å². The SMILES string of the molecule is CCN(CC)C(CNC(=O)Nc1ccc(-c2n[nH]c(C3CC3)n2)cc1)c1ccsc1. The smallest absolute Gasteiger partial charge is 0.319 e. The molecule has 30 heavy (non-hydrogen) atoms. The zero-order valence-electron chi connectivity index (χ0n) is 17.4. The van der Waals surface area contributed by atoms with E-state index in [9.17, 15) is 4.79 Å². The highest BCUT2D eigenvalue weighted by Crippen LogP contribution is 2.38. The van der Waals surface area contributed by atoms with E-state index in [2.05, 4.69) is 61.4 Å². The molecule has 2 amide bonds. The van der Waals surface area contributed by atoms with Gasteiger partial charge in [0.25, 0.3) is 0 Å². The van der Waals surface area contributed by atoms with Crippen LogP contribution in [-0.4, -0.2) is 45.7 Å². The van der Waals surface area contributed by atoms with Crippen LogP contribution in [0, 0.1) is 0 Å². The fourth-order valence-electron chi connectivity index (χ4n) is 3.60. The van der Waals surface area contributed by atoms with Gasteiger partial charge >= 0.3 is 6.03 Å². The number of hydrogen-bond donors (Lipinski definition) is 3. The Kier molecular flexibility index (Phi) is 6.44. The van der Waals surface area contributed by atoms with Crippen molar-refractivity contribution < 1.29 is 4.79 Å². The second-order valence-electron chi connectivity index (χ2n) is 7.52. The molecular formula is C22H28N6OS. The molecule has 1 unspecified atom stereocenters. The summed E-state index contributed by atoms with van der Waals surface area (Å²) in [6, 6.07) is 9.71. The first kappa shape index (κ1) is 20.6. The number of carbonyl (C=O) groups is 1. The third kappa shape index (κ3) is 4.88. The highest BCUT2D eigenvalue weighted by atomic mass is 32.1. The minimum absolute atomic E-state index is 0.172. The van der Waals surface area contributed by atoms with Crippen molar-refractivity contribution in [2.75, 3.05) is 25.0 Å². The van der Waals surface area contributed by atoms with Gasteiger partial charge in [0.1, 0.15) is 5.82 Å². The molecule has 0 saturated heterocycles. The third-order valence-electron chi connectivity index (χ3n) is 5.50. The predicted molar refractivity (Wildman–Crippen MR) is 121 cm³/mol. The number of amides is 2. The van der Waals surface area contributed by atoms with Crippen LogP contribution in [0.5, 0.6) is 0 Å². The Balaban J connectivity index is 1.33. The van der Waals surface area contributed by atoms with Gasteiger partial charge in [-0.15, -0.1) is 0 Å². The molecule has 1 atom stereocenters. The van der Waals surface area contributed by atoms with Crippen LogP contribution >= 0.6 is 11.3 Å². The lowest BCUT2D eigenvalue weighted by Crippen LogP contribution is -2.39. The number of carbonyl (C=O) groups excluding carboxylic acids is 1. The molecule has 1 fully saturated rings. The van der Waals surface area contributed by atoms with Crippen LogP contribution < -0.4 is 10.6 Å². The maximum absolute atomic E-state index is 12.5. The summed E-state index contributed by atoms with van der Waals surface area (Å²) in [7, 11) is 0. The summed E-state index contributed by atoms with van der Waals surface area (Å²) in [5.41, 5.74) is 2.91. The monoisotopic (exact) mass is 424 g/mol. The molecule has 0 radical (unpaired) electrons. The molecule has 0 bridgehead atoms. The molecule has 3 N–H and O–H groups in total. The van der Waals surface area contributed by atoms with Crippen LogP contribution in [0.25, 0.3) is 11.4 Å². The number of likely N-dealkylation sites (N-methyl/N-ethyl adjacent to an activating group) is 1. The van der Waals surface area contributed by atoms with E-state index >= 15 is 0 Å². The molecule has 0 aliphatic heterocycles. The number of thiophene rings is 1. The number of aromatic nitrogens is 3. The van der Waals surface area contributed by atoms with E-state index in [0.717, 1.165) is 30.2 Å². The molecule has 1 saturated carbocycles. The lowest BCUT2D eigenvalue weighted by atomic mass is 10.1. The number of H-pyrrole nitrogens is 1. The molecule has 0 spiro atoms. The number of nitrogens with zero attached hydrogens (tertiary/aromatic N) is 3. The van der Waals surface area contributed by atoms with Crippen molar-refractivity contribution >= 4 is 23.1 Å². The van der Waals surface area contributed by atoms with E-state index < -0.39 is 0 Å². The molecule has 1 aliphatic carbocycles. The zero-order valence-corrected chi connectivity index (χ0v) is 18.2. The highest BCUT2D eigenvalue weighted by Gasteiger charge is 2.27. The molecule has 2 heterocycles. The van der Waals surface area contributed by atoms with Gasteiger partial charge in [0.05, 0.1) is 6.04 Å². The van der Waals surface area contributed by atoms with E-state index in [4.69, 9.17) is 0 Å². The molecular weight excluding hydrogens is 396 g/mol. The summed E-state index contributed by atoms with van der Waals surface area (Å²) in [6.07, 6.45) is 2.38. The Morgan fingerprint density at radius 2 is 2.00 bits per heavy atom. The summed E-state index contributed by atoms with van der Waals surface area (Å²) in [4.78, 5) is 19.4. The van der Waals surface area contributed by atoms with Gasteiger partial charge in [-0.1, -0.05) is 13.8 Å². The minimum atomic E-state index is -0.205. The lowest BCUT2D eigenvalue weighted by Gasteiger charge is -2.29. The maximum atomic E-state index is 12.5. The zero-order chi connectivity index (χ0) is 20.9. The normalized spacial score (nSPS) is 14.6. The number of aromatic amines is 1. The summed E-state index contributed by atoms with van der Waals surface area (Å²) in [5, 5.41) is 17.5. The summed E-state index contributed by atoms with van der Waals surface area (Å²) in [5.74, 6) is 2.22. The van der Waals surface area contributed by atoms with Crippen molar-refractivity contribution in [3.63, 3.8) is 0 Å². The number of nitrogens with one attached hydrogen (secondary N) is 3. The Labute approximate surface area is 180 Å². The van der Waals surface area contributed by atoms with Gasteiger partial charge in [0, 0.05) is 23.7 Å². The Bertz CT molecular complexity index is 944. The van der Waals surface area contributed by atoms with Crippen LogP contribution in [0.4, 0.5) is 10.5 Å². The predicted octanol–water partition coefficient (Wildman–Crippen LogP) is 4.62. The molecule has 158 valence electrons. The summed E-state index contributed by atoms with van der Waals surface area (Å²) >= 11 is 1.68. The average Bonchev–Trinajstić information content (AvgIpc) is 3.26. The molecule has 2 aromatic heterocycles. The number of rotatable bonds is 9. The lowest BCUT2D eigenvalue weighted by molar-refractivity contribution is 0.210. The van der Waals surface area contributed by atoms with Crippen LogP contribution in [0.3, 0.4) is 0 Å². The van der Waals surface area contributed by atoms with Gasteiger partial charge in [-0.2, -0.15) is 16.4 Å². The fourth-order valence-corrected chi connectivity index (χ4v) is 4.30. The average molecular weight is 425 g/mol. The van der Waals surface area contributed by atoms with E-state index in [1.165, 1.54) is 18.4 Å². The quantitative estimate of drug-likeness (QED) is 0.468. The molecule has 1 aromatic carbocycles. The highest BCUT2D eigenvalue weighted by molar-refractivity contribution is 7.07. The Morgan fingerprint density at radius 1 is 1.23 bits per heavy atom. The first-order valence-electron chi connectivity index (χ1n) is 10.5. The van der Waals surface area contributed by atoms with Crippen molar-refractivity contribution in [3.8, 4) is 11.4 Å². The van der Waals surface area contributed by atoms with E-state index in [-0.39, 0.29) is 12.1 Å². The largest absolute Gasteiger partial charge is 0.336 e. The van der Waals surface area contributed by atoms with E-state index in [0.29, 0.717) is 18.3 Å². The number of hydrogen-bond acceptors (Lipinski definition) is 5. The molecule has 4 rings (SSSR count). The first-order valence-corrected chi connectivity index (χ1v) is 11.5. The van der Waals surface area contributed by atoms with Crippen molar-refractivity contribution in [1.29, 1.82) is 0 Å². The standard InChI is InChI=1S/C22H28N6OS/c1-3-28(4-2)19(17-11-12-30-14-17)13-23-22(29)24-18-9-7-16(8-10-18)21-25-20(26-27-21)15-5-6-15/h7-12,14-15,19H,3-6,13H2,1-2H3,(H2,23,24,29)(H,25,26,27). The molecule has 3 aromatic rings. The van der Waals surface area contributed by atoms with Crippen LogP contribution in [-0.2, 0) is 0 Å². The third-order valence-corrected chi connectivity index (χ3v) is 6.21. The first-order chi connectivity index (χ1) is 14.7. The number of urea groups is 1. The van der Waals surface area contributed by atoms with Crippen LogP contribution in [0.15, 0.2) is 41.1 Å². The van der Waals surface area contributed by atoms with Crippen LogP contribution in [0.1, 0.15) is 50.0 Å². The summed E-state index contributed by atoms with van der Waals surface area (Å²) in [6.45, 7) is 6.72. The van der Waals surface area contributed by atoms with Crippen molar-refractivity contribution in [2.24, 2.45) is 0 Å². The number of anilines is 1. The van der Waals surface area contributed by atoms with Crippen LogP contribution in [0.2, 0.25) is 0 Å². The topological polar surface area (TPSA) is 85.9 Å². The fraction of sp³-hybridized carbons (Fsp3) is 0.409.